The summed E-state index contributed by atoms with van der Waals surface area (Å²) in [5.41, 5.74) is -0.0487. The number of pyridine rings is 1. The van der Waals surface area contributed by atoms with Gasteiger partial charge in [0.1, 0.15) is 17.5 Å². The lowest BCUT2D eigenvalue weighted by molar-refractivity contribution is -0.133. The van der Waals surface area contributed by atoms with Crippen LogP contribution in [0.2, 0.25) is 0 Å². The van der Waals surface area contributed by atoms with E-state index in [9.17, 15) is 9.59 Å². The van der Waals surface area contributed by atoms with E-state index in [4.69, 9.17) is 10.00 Å². The van der Waals surface area contributed by atoms with Crippen molar-refractivity contribution in [2.45, 2.75) is 39.3 Å². The second kappa shape index (κ2) is 8.04. The molecule has 1 saturated heterocycles. The van der Waals surface area contributed by atoms with Crippen molar-refractivity contribution in [1.29, 1.82) is 5.26 Å². The van der Waals surface area contributed by atoms with Crippen LogP contribution in [0.3, 0.4) is 0 Å². The first-order chi connectivity index (χ1) is 12.2. The van der Waals surface area contributed by atoms with Gasteiger partial charge in [-0.15, -0.1) is 0 Å². The van der Waals surface area contributed by atoms with Crippen molar-refractivity contribution in [1.82, 2.24) is 15.2 Å². The number of piperazine rings is 1. The zero-order valence-corrected chi connectivity index (χ0v) is 15.7. The van der Waals surface area contributed by atoms with Gasteiger partial charge < -0.3 is 19.9 Å². The number of nitriles is 1. The topological polar surface area (TPSA) is 98.6 Å². The molecule has 8 nitrogen and oxygen atoms in total. The highest BCUT2D eigenvalue weighted by molar-refractivity contribution is 5.85. The Labute approximate surface area is 153 Å². The van der Waals surface area contributed by atoms with Gasteiger partial charge in [0.25, 0.3) is 0 Å². The Morgan fingerprint density at radius 2 is 1.96 bits per heavy atom. The van der Waals surface area contributed by atoms with Gasteiger partial charge in [-0.1, -0.05) is 0 Å². The molecule has 0 aromatic carbocycles. The molecule has 0 saturated carbocycles. The molecule has 0 bridgehead atoms. The van der Waals surface area contributed by atoms with Gasteiger partial charge in [0, 0.05) is 32.4 Å². The number of nitrogens with one attached hydrogen (secondary N) is 1. The molecule has 1 aliphatic rings. The maximum absolute atomic E-state index is 12.5. The SMILES string of the molecule is CC(NC(=O)OC(C)(C)C)C(=O)N1CCN(c2cc(C#N)ccn2)CC1. The number of rotatable bonds is 3. The zero-order chi connectivity index (χ0) is 19.3. The van der Waals surface area contributed by atoms with Gasteiger partial charge >= 0.3 is 6.09 Å². The van der Waals surface area contributed by atoms with Gasteiger partial charge in [0.15, 0.2) is 0 Å². The maximum Gasteiger partial charge on any atom is 0.408 e. The van der Waals surface area contributed by atoms with Crippen LogP contribution < -0.4 is 10.2 Å². The summed E-state index contributed by atoms with van der Waals surface area (Å²) in [5, 5.41) is 11.6. The van der Waals surface area contributed by atoms with Gasteiger partial charge in [-0.25, -0.2) is 9.78 Å². The molecule has 1 aromatic heterocycles. The summed E-state index contributed by atoms with van der Waals surface area (Å²) in [7, 11) is 0. The number of alkyl carbamates (subject to hydrolysis) is 1. The highest BCUT2D eigenvalue weighted by Crippen LogP contribution is 2.15. The van der Waals surface area contributed by atoms with E-state index in [0.717, 1.165) is 5.82 Å². The first-order valence-corrected chi connectivity index (χ1v) is 8.59. The number of hydrogen-bond donors (Lipinski definition) is 1. The third-order valence-corrected chi connectivity index (χ3v) is 3.89. The fraction of sp³-hybridized carbons (Fsp3) is 0.556. The number of carbonyl (C=O) groups is 2. The predicted octanol–water partition coefficient (Wildman–Crippen LogP) is 1.52. The standard InChI is InChI=1S/C18H25N5O3/c1-13(21-17(25)26-18(2,3)4)16(24)23-9-7-22(8-10-23)15-11-14(12-19)5-6-20-15/h5-6,11,13H,7-10H2,1-4H3,(H,21,25). The van der Waals surface area contributed by atoms with Crippen molar-refractivity contribution >= 4 is 17.8 Å². The third kappa shape index (κ3) is 5.34. The summed E-state index contributed by atoms with van der Waals surface area (Å²) in [6.07, 6.45) is 1.01. The minimum atomic E-state index is -0.656. The normalized spacial score (nSPS) is 15.8. The number of ether oxygens (including phenoxy) is 1. The molecule has 2 rings (SSSR count). The Morgan fingerprint density at radius 1 is 1.31 bits per heavy atom. The second-order valence-corrected chi connectivity index (χ2v) is 7.19. The molecule has 0 radical (unpaired) electrons. The van der Waals surface area contributed by atoms with Crippen molar-refractivity contribution in [3.8, 4) is 6.07 Å². The first kappa shape index (κ1) is 19.5. The average molecular weight is 359 g/mol. The van der Waals surface area contributed by atoms with Gasteiger partial charge in [0.2, 0.25) is 5.91 Å². The van der Waals surface area contributed by atoms with E-state index in [2.05, 4.69) is 16.4 Å². The fourth-order valence-electron chi connectivity index (χ4n) is 2.64. The van der Waals surface area contributed by atoms with Gasteiger partial charge in [-0.3, -0.25) is 4.79 Å². The van der Waals surface area contributed by atoms with Gasteiger partial charge in [0.05, 0.1) is 11.6 Å². The Balaban J connectivity index is 1.87. The highest BCUT2D eigenvalue weighted by atomic mass is 16.6. The average Bonchev–Trinajstić information content (AvgIpc) is 2.59. The molecule has 1 atom stereocenters. The molecular formula is C18H25N5O3. The fourth-order valence-corrected chi connectivity index (χ4v) is 2.64. The molecule has 8 heteroatoms. The molecule has 1 fully saturated rings. The second-order valence-electron chi connectivity index (χ2n) is 7.19. The maximum atomic E-state index is 12.5. The quantitative estimate of drug-likeness (QED) is 0.878. The van der Waals surface area contributed by atoms with Crippen LogP contribution in [0.25, 0.3) is 0 Å². The molecule has 26 heavy (non-hydrogen) atoms. The van der Waals surface area contributed by atoms with E-state index in [-0.39, 0.29) is 5.91 Å². The van der Waals surface area contributed by atoms with Crippen molar-refractivity contribution in [2.24, 2.45) is 0 Å². The lowest BCUT2D eigenvalue weighted by atomic mass is 10.2. The van der Waals surface area contributed by atoms with E-state index in [0.29, 0.717) is 31.7 Å². The van der Waals surface area contributed by atoms with E-state index in [1.165, 1.54) is 0 Å². The van der Waals surface area contributed by atoms with Crippen molar-refractivity contribution < 1.29 is 14.3 Å². The van der Waals surface area contributed by atoms with Crippen LogP contribution in [-0.4, -0.2) is 59.7 Å². The molecular weight excluding hydrogens is 334 g/mol. The van der Waals surface area contributed by atoms with Crippen molar-refractivity contribution in [3.05, 3.63) is 23.9 Å². The van der Waals surface area contributed by atoms with Crippen LogP contribution in [0.1, 0.15) is 33.3 Å². The van der Waals surface area contributed by atoms with E-state index in [1.807, 2.05) is 4.90 Å². The van der Waals surface area contributed by atoms with Crippen LogP contribution >= 0.6 is 0 Å². The summed E-state index contributed by atoms with van der Waals surface area (Å²) >= 11 is 0. The molecule has 2 amide bonds. The lowest BCUT2D eigenvalue weighted by Gasteiger charge is -2.36. The molecule has 1 aromatic rings. The molecule has 0 spiro atoms. The minimum Gasteiger partial charge on any atom is -0.444 e. The zero-order valence-electron chi connectivity index (χ0n) is 15.7. The summed E-state index contributed by atoms with van der Waals surface area (Å²) in [6, 6.07) is 4.84. The summed E-state index contributed by atoms with van der Waals surface area (Å²) in [5.74, 6) is 0.588. The van der Waals surface area contributed by atoms with Crippen LogP contribution in [0.5, 0.6) is 0 Å². The van der Waals surface area contributed by atoms with Crippen LogP contribution in [-0.2, 0) is 9.53 Å². The Bertz CT molecular complexity index is 700. The molecule has 1 unspecified atom stereocenters. The number of hydrogen-bond acceptors (Lipinski definition) is 6. The Morgan fingerprint density at radius 3 is 2.54 bits per heavy atom. The Kier molecular flexibility index (Phi) is 6.03. The number of nitrogens with zero attached hydrogens (tertiary/aromatic N) is 4. The largest absolute Gasteiger partial charge is 0.444 e. The summed E-state index contributed by atoms with van der Waals surface area (Å²) in [6.45, 7) is 9.25. The monoisotopic (exact) mass is 359 g/mol. The minimum absolute atomic E-state index is 0.144. The van der Waals surface area contributed by atoms with Crippen LogP contribution in [0, 0.1) is 11.3 Å². The van der Waals surface area contributed by atoms with Gasteiger partial charge in [-0.2, -0.15) is 5.26 Å². The summed E-state index contributed by atoms with van der Waals surface area (Å²) in [4.78, 5) is 32.4. The number of anilines is 1. The number of amides is 2. The molecule has 1 aliphatic heterocycles. The molecule has 2 heterocycles. The smallest absolute Gasteiger partial charge is 0.408 e. The van der Waals surface area contributed by atoms with Crippen LogP contribution in [0.15, 0.2) is 18.3 Å². The Hall–Kier alpha value is -2.82. The van der Waals surface area contributed by atoms with E-state index >= 15 is 0 Å². The first-order valence-electron chi connectivity index (χ1n) is 8.59. The number of carbonyl (C=O) groups excluding carboxylic acids is 2. The van der Waals surface area contributed by atoms with Crippen molar-refractivity contribution in [3.63, 3.8) is 0 Å². The molecule has 0 aliphatic carbocycles. The van der Waals surface area contributed by atoms with Crippen LogP contribution in [0.4, 0.5) is 10.6 Å². The van der Waals surface area contributed by atoms with Gasteiger partial charge in [-0.05, 0) is 39.8 Å². The molecule has 140 valence electrons. The lowest BCUT2D eigenvalue weighted by Crippen LogP contribution is -2.54. The van der Waals surface area contributed by atoms with E-state index < -0.39 is 17.7 Å². The highest BCUT2D eigenvalue weighted by Gasteiger charge is 2.27. The number of aromatic nitrogens is 1. The van der Waals surface area contributed by atoms with E-state index in [1.54, 1.807) is 50.9 Å². The van der Waals surface area contributed by atoms with Crippen molar-refractivity contribution in [2.75, 3.05) is 31.1 Å². The molecule has 1 N–H and O–H groups in total. The summed E-state index contributed by atoms with van der Waals surface area (Å²) < 4.78 is 5.18. The third-order valence-electron chi connectivity index (χ3n) is 3.89. The predicted molar refractivity (Wildman–Crippen MR) is 96.6 cm³/mol.